The maximum absolute atomic E-state index is 13.1. The van der Waals surface area contributed by atoms with E-state index in [1.165, 1.54) is 24.3 Å². The van der Waals surface area contributed by atoms with Gasteiger partial charge in [-0.3, -0.25) is 4.79 Å². The highest BCUT2D eigenvalue weighted by atomic mass is 16.7. The first kappa shape index (κ1) is 26.9. The van der Waals surface area contributed by atoms with Crippen LogP contribution >= 0.6 is 0 Å². The number of aromatic hydroxyl groups is 2. The maximum Gasteiger partial charge on any atom is 0.229 e. The molecule has 2 aliphatic rings. The van der Waals surface area contributed by atoms with Gasteiger partial charge < -0.3 is 50.0 Å². The molecule has 0 bridgehead atoms. The molecule has 2 aliphatic heterocycles. The molecule has 2 aromatic rings. The molecule has 7 atom stereocenters. The van der Waals surface area contributed by atoms with E-state index in [0.717, 1.165) is 11.6 Å². The van der Waals surface area contributed by atoms with Crippen molar-refractivity contribution < 1.29 is 54.8 Å². The molecule has 2 heterocycles. The molecular weight excluding hydrogens is 488 g/mol. The Morgan fingerprint density at radius 3 is 2.32 bits per heavy atom. The Morgan fingerprint density at radius 2 is 1.70 bits per heavy atom. The van der Waals surface area contributed by atoms with E-state index >= 15 is 0 Å². The quantitative estimate of drug-likeness (QED) is 0.263. The number of ether oxygens (including phenoxy) is 3. The third-order valence-electron chi connectivity index (χ3n) is 6.40. The second kappa shape index (κ2) is 10.7. The fraction of sp³-hybridized carbons (Fsp3) is 0.423. The summed E-state index contributed by atoms with van der Waals surface area (Å²) in [5.74, 6) is -1.45. The number of hydrogen-bond acceptors (Lipinski definition) is 11. The molecule has 0 saturated carbocycles. The lowest BCUT2D eigenvalue weighted by molar-refractivity contribution is -0.277. The number of ketones is 1. The zero-order valence-electron chi connectivity index (χ0n) is 20.2. The van der Waals surface area contributed by atoms with Gasteiger partial charge in [-0.2, -0.15) is 0 Å². The third-order valence-corrected chi connectivity index (χ3v) is 6.40. The zero-order valence-corrected chi connectivity index (χ0v) is 20.2. The van der Waals surface area contributed by atoms with Crippen molar-refractivity contribution in [2.45, 2.75) is 63.2 Å². The van der Waals surface area contributed by atoms with Crippen LogP contribution in [0.3, 0.4) is 0 Å². The van der Waals surface area contributed by atoms with Crippen molar-refractivity contribution in [1.29, 1.82) is 0 Å². The smallest absolute Gasteiger partial charge is 0.229 e. The monoisotopic (exact) mass is 518 g/mol. The average molecular weight is 519 g/mol. The number of carbonyl (C=O) groups excluding carboxylic acids is 1. The lowest BCUT2D eigenvalue weighted by atomic mass is 9.90. The molecule has 11 nitrogen and oxygen atoms in total. The van der Waals surface area contributed by atoms with Gasteiger partial charge in [-0.25, -0.2) is 0 Å². The number of rotatable bonds is 6. The van der Waals surface area contributed by atoms with E-state index in [1.807, 2.05) is 13.8 Å². The summed E-state index contributed by atoms with van der Waals surface area (Å²) in [6.07, 6.45) is -8.58. The topological polar surface area (TPSA) is 186 Å². The van der Waals surface area contributed by atoms with Crippen molar-refractivity contribution in [1.82, 2.24) is 0 Å². The highest BCUT2D eigenvalue weighted by Gasteiger charge is 2.46. The molecule has 0 aromatic heterocycles. The molecule has 0 radical (unpaired) electrons. The Morgan fingerprint density at radius 1 is 1.03 bits per heavy atom. The molecule has 37 heavy (non-hydrogen) atoms. The summed E-state index contributed by atoms with van der Waals surface area (Å²) in [6, 6.07) is 6.86. The fourth-order valence-corrected chi connectivity index (χ4v) is 4.32. The number of allylic oxidation sites excluding steroid dienone is 2. The number of Topliss-reactive ketones (excluding diaryl/α,β-unsaturated/α-hetero) is 1. The fourth-order valence-electron chi connectivity index (χ4n) is 4.32. The minimum Gasteiger partial charge on any atom is -0.508 e. The van der Waals surface area contributed by atoms with Crippen LogP contribution in [-0.4, -0.2) is 84.9 Å². The molecule has 4 rings (SSSR count). The van der Waals surface area contributed by atoms with Crippen LogP contribution in [0.25, 0.3) is 0 Å². The van der Waals surface area contributed by atoms with Crippen molar-refractivity contribution in [3.8, 4) is 23.0 Å². The SMILES string of the molecule is CC(C)=CCc1c(O[C@H]2O[C@@H](CO)[C@H](O)[C@@H](O)[C@@H]2O)cc(O)c2c1O[C@H](c1ccc(O)cc1)[C@@H](O)C2=O. The van der Waals surface area contributed by atoms with Gasteiger partial charge in [0.1, 0.15) is 53.0 Å². The van der Waals surface area contributed by atoms with Crippen LogP contribution in [0.2, 0.25) is 0 Å². The number of carbonyl (C=O) groups is 1. The minimum atomic E-state index is -1.71. The van der Waals surface area contributed by atoms with E-state index < -0.39 is 61.1 Å². The molecule has 1 saturated heterocycles. The Bertz CT molecular complexity index is 1170. The van der Waals surface area contributed by atoms with E-state index in [4.69, 9.17) is 14.2 Å². The maximum atomic E-state index is 13.1. The molecule has 0 aliphatic carbocycles. The average Bonchev–Trinajstić information content (AvgIpc) is 2.86. The molecule has 0 amide bonds. The molecule has 2 aromatic carbocycles. The van der Waals surface area contributed by atoms with Crippen LogP contribution in [0.1, 0.15) is 41.4 Å². The molecule has 7 N–H and O–H groups in total. The molecule has 200 valence electrons. The Balaban J connectivity index is 1.79. The first-order chi connectivity index (χ1) is 17.5. The zero-order chi connectivity index (χ0) is 27.0. The molecule has 0 unspecified atom stereocenters. The number of benzene rings is 2. The first-order valence-electron chi connectivity index (χ1n) is 11.7. The second-order valence-corrected chi connectivity index (χ2v) is 9.32. The summed E-state index contributed by atoms with van der Waals surface area (Å²) < 4.78 is 17.3. The lowest BCUT2D eigenvalue weighted by Crippen LogP contribution is -2.60. The predicted molar refractivity (Wildman–Crippen MR) is 127 cm³/mol. The van der Waals surface area contributed by atoms with Gasteiger partial charge in [0.15, 0.2) is 12.2 Å². The lowest BCUT2D eigenvalue weighted by Gasteiger charge is -2.40. The van der Waals surface area contributed by atoms with Gasteiger partial charge in [0, 0.05) is 11.6 Å². The Labute approximate surface area is 212 Å². The van der Waals surface area contributed by atoms with E-state index in [2.05, 4.69) is 0 Å². The van der Waals surface area contributed by atoms with E-state index in [1.54, 1.807) is 6.08 Å². The van der Waals surface area contributed by atoms with Gasteiger partial charge in [0.2, 0.25) is 12.1 Å². The molecule has 1 fully saturated rings. The third kappa shape index (κ3) is 5.14. The Hall–Kier alpha value is -3.19. The highest BCUT2D eigenvalue weighted by molar-refractivity contribution is 6.06. The van der Waals surface area contributed by atoms with Crippen LogP contribution in [0.4, 0.5) is 0 Å². The summed E-state index contributed by atoms with van der Waals surface area (Å²) >= 11 is 0. The van der Waals surface area contributed by atoms with Gasteiger partial charge >= 0.3 is 0 Å². The van der Waals surface area contributed by atoms with E-state index in [0.29, 0.717) is 5.56 Å². The molecular formula is C26H30O11. The van der Waals surface area contributed by atoms with Crippen LogP contribution in [-0.2, 0) is 11.2 Å². The number of fused-ring (bicyclic) bond motifs is 1. The standard InChI is InChI=1S/C26H30O11/c1-11(2)3-8-14-16(35-26-23(34)21(32)19(30)17(10-27)36-26)9-15(29)18-20(31)22(33)24(37-25(14)18)12-4-6-13(28)7-5-12/h3-7,9,17,19,21-24,26-30,32-34H,8,10H2,1-2H3/t17-,19-,21+,22-,23-,24+,26-/m0/s1. The van der Waals surface area contributed by atoms with Crippen LogP contribution in [0, 0.1) is 0 Å². The van der Waals surface area contributed by atoms with Gasteiger partial charge in [-0.1, -0.05) is 23.8 Å². The first-order valence-corrected chi connectivity index (χ1v) is 11.7. The molecule has 0 spiro atoms. The van der Waals surface area contributed by atoms with Crippen molar-refractivity contribution in [2.75, 3.05) is 6.61 Å². The van der Waals surface area contributed by atoms with Crippen LogP contribution in [0.15, 0.2) is 42.0 Å². The summed E-state index contributed by atoms with van der Waals surface area (Å²) in [5, 5.41) is 71.2. The van der Waals surface area contributed by atoms with Gasteiger partial charge in [0.25, 0.3) is 0 Å². The highest BCUT2D eigenvalue weighted by Crippen LogP contribution is 2.46. The number of aliphatic hydroxyl groups excluding tert-OH is 5. The number of aliphatic hydroxyl groups is 5. The number of hydrogen-bond donors (Lipinski definition) is 7. The number of phenols is 2. The van der Waals surface area contributed by atoms with Crippen LogP contribution in [0.5, 0.6) is 23.0 Å². The van der Waals surface area contributed by atoms with Crippen molar-refractivity contribution in [3.05, 3.63) is 58.7 Å². The minimum absolute atomic E-state index is 0.0158. The van der Waals surface area contributed by atoms with Gasteiger partial charge in [-0.05, 0) is 38.0 Å². The van der Waals surface area contributed by atoms with Gasteiger partial charge in [-0.15, -0.1) is 0 Å². The van der Waals surface area contributed by atoms with Gasteiger partial charge in [0.05, 0.1) is 6.61 Å². The summed E-state index contributed by atoms with van der Waals surface area (Å²) in [7, 11) is 0. The van der Waals surface area contributed by atoms with E-state index in [-0.39, 0.29) is 34.8 Å². The largest absolute Gasteiger partial charge is 0.508 e. The Kier molecular flexibility index (Phi) is 7.74. The summed E-state index contributed by atoms with van der Waals surface area (Å²) in [4.78, 5) is 13.1. The summed E-state index contributed by atoms with van der Waals surface area (Å²) in [6.45, 7) is 3.04. The number of phenolic OH excluding ortho intramolecular Hbond substituents is 2. The van der Waals surface area contributed by atoms with Crippen molar-refractivity contribution >= 4 is 5.78 Å². The molecule has 11 heteroatoms. The predicted octanol–water partition coefficient (Wildman–Crippen LogP) is 0.462. The van der Waals surface area contributed by atoms with Crippen molar-refractivity contribution in [3.63, 3.8) is 0 Å². The normalized spacial score (nSPS) is 29.3. The second-order valence-electron chi connectivity index (χ2n) is 9.32. The summed E-state index contributed by atoms with van der Waals surface area (Å²) in [5.41, 5.74) is 1.35. The van der Waals surface area contributed by atoms with Crippen LogP contribution < -0.4 is 9.47 Å². The van der Waals surface area contributed by atoms with Crippen molar-refractivity contribution in [2.24, 2.45) is 0 Å². The van der Waals surface area contributed by atoms with E-state index in [9.17, 15) is 40.5 Å².